The van der Waals surface area contributed by atoms with Gasteiger partial charge in [-0.1, -0.05) is 60.7 Å². The molecule has 3 amide bonds. The van der Waals surface area contributed by atoms with Crippen molar-refractivity contribution in [2.24, 2.45) is 5.73 Å². The van der Waals surface area contributed by atoms with Crippen LogP contribution in [0.2, 0.25) is 0 Å². The fourth-order valence-electron chi connectivity index (χ4n) is 5.17. The fourth-order valence-corrected chi connectivity index (χ4v) is 5.17. The van der Waals surface area contributed by atoms with Crippen LogP contribution in [0.5, 0.6) is 0 Å². The number of aliphatic hydroxyl groups is 1. The summed E-state index contributed by atoms with van der Waals surface area (Å²) in [5.74, 6) is -4.83. The first-order valence-corrected chi connectivity index (χ1v) is 12.7. The second-order valence-electron chi connectivity index (χ2n) is 9.91. The summed E-state index contributed by atoms with van der Waals surface area (Å²) in [5, 5.41) is 10.9. The summed E-state index contributed by atoms with van der Waals surface area (Å²) >= 11 is 0. The molecule has 5 atom stereocenters. The number of imide groups is 1. The van der Waals surface area contributed by atoms with Crippen molar-refractivity contribution in [2.75, 3.05) is 7.05 Å². The molecule has 0 bridgehead atoms. The lowest BCUT2D eigenvalue weighted by molar-refractivity contribution is -0.160. The van der Waals surface area contributed by atoms with Gasteiger partial charge in [0.05, 0.1) is 12.1 Å². The average Bonchev–Trinajstić information content (AvgIpc) is 3.05. The molecule has 7 nitrogen and oxygen atoms in total. The van der Waals surface area contributed by atoms with Crippen LogP contribution in [0.3, 0.4) is 0 Å². The summed E-state index contributed by atoms with van der Waals surface area (Å²) in [5.41, 5.74) is 7.31. The molecule has 204 valence electrons. The largest absolute Gasteiger partial charge is 0.378 e. The lowest BCUT2D eigenvalue weighted by Crippen LogP contribution is -2.57. The topological polar surface area (TPSA) is 104 Å². The predicted octanol–water partition coefficient (Wildman–Crippen LogP) is 3.85. The van der Waals surface area contributed by atoms with E-state index in [0.29, 0.717) is 17.4 Å². The van der Waals surface area contributed by atoms with Crippen LogP contribution < -0.4 is 5.73 Å². The molecule has 0 aromatic heterocycles. The number of carbonyl (C=O) groups excluding carboxylic acids is 3. The zero-order chi connectivity index (χ0) is 28.3. The number of rotatable bonds is 6. The van der Waals surface area contributed by atoms with Gasteiger partial charge in [0.1, 0.15) is 17.7 Å². The highest BCUT2D eigenvalue weighted by Gasteiger charge is 2.45. The summed E-state index contributed by atoms with van der Waals surface area (Å²) in [4.78, 5) is 43.2. The van der Waals surface area contributed by atoms with E-state index in [1.165, 1.54) is 11.8 Å². The molecule has 0 saturated carbocycles. The molecule has 0 spiro atoms. The standard InChI is InChI=1S/C30H31F2N3O4/c1-18(33)28(37)35(30(39)27(36)22-13-23(31)17-24(32)14-22)26-16-21(19-9-5-3-6-10-19)15-25(34(2)29(26)38)20-11-7-4-8-12-20/h3-14,17-18,21,25-27,36H,15-16,33H2,1-2H3/t18-,21-,25-,26-,27-/m0/s1. The molecule has 1 aliphatic heterocycles. The van der Waals surface area contributed by atoms with Crippen LogP contribution in [-0.4, -0.2) is 51.8 Å². The Kier molecular flexibility index (Phi) is 8.52. The number of likely N-dealkylation sites (tertiary alicyclic amines) is 1. The van der Waals surface area contributed by atoms with Gasteiger partial charge in [0.15, 0.2) is 6.10 Å². The fraction of sp³-hybridized carbons (Fsp3) is 0.300. The second kappa shape index (κ2) is 11.8. The molecule has 0 radical (unpaired) electrons. The quantitative estimate of drug-likeness (QED) is 0.499. The minimum Gasteiger partial charge on any atom is -0.378 e. The number of nitrogens with zero attached hydrogens (tertiary/aromatic N) is 2. The Labute approximate surface area is 225 Å². The van der Waals surface area contributed by atoms with Gasteiger partial charge in [0, 0.05) is 13.1 Å². The minimum atomic E-state index is -2.10. The smallest absolute Gasteiger partial charge is 0.263 e. The lowest BCUT2D eigenvalue weighted by atomic mass is 9.86. The van der Waals surface area contributed by atoms with Crippen molar-refractivity contribution in [2.45, 2.75) is 49.9 Å². The van der Waals surface area contributed by atoms with Gasteiger partial charge in [-0.05, 0) is 54.5 Å². The van der Waals surface area contributed by atoms with Crippen LogP contribution in [0, 0.1) is 11.6 Å². The van der Waals surface area contributed by atoms with Crippen molar-refractivity contribution in [1.29, 1.82) is 0 Å². The minimum absolute atomic E-state index is 0.0744. The first-order valence-electron chi connectivity index (χ1n) is 12.7. The van der Waals surface area contributed by atoms with Crippen molar-refractivity contribution in [3.8, 4) is 0 Å². The summed E-state index contributed by atoms with van der Waals surface area (Å²) in [6.07, 6.45) is -1.51. The van der Waals surface area contributed by atoms with E-state index in [0.717, 1.165) is 23.3 Å². The van der Waals surface area contributed by atoms with Crippen molar-refractivity contribution in [3.63, 3.8) is 0 Å². The molecule has 1 saturated heterocycles. The number of benzene rings is 3. The van der Waals surface area contributed by atoms with Gasteiger partial charge in [0.25, 0.3) is 5.91 Å². The maximum atomic E-state index is 14.0. The first-order chi connectivity index (χ1) is 18.6. The van der Waals surface area contributed by atoms with Gasteiger partial charge >= 0.3 is 0 Å². The predicted molar refractivity (Wildman–Crippen MR) is 141 cm³/mol. The van der Waals surface area contributed by atoms with E-state index in [9.17, 15) is 28.3 Å². The molecule has 3 aromatic carbocycles. The zero-order valence-corrected chi connectivity index (χ0v) is 21.7. The summed E-state index contributed by atoms with van der Waals surface area (Å²) in [7, 11) is 1.61. The molecular weight excluding hydrogens is 504 g/mol. The molecule has 3 N–H and O–H groups in total. The highest BCUT2D eigenvalue weighted by Crippen LogP contribution is 2.40. The second-order valence-corrected chi connectivity index (χ2v) is 9.91. The van der Waals surface area contributed by atoms with E-state index in [1.54, 1.807) is 7.05 Å². The van der Waals surface area contributed by atoms with Gasteiger partial charge < -0.3 is 15.7 Å². The number of likely N-dealkylation sites (N-methyl/N-ethyl adjacent to an activating group) is 1. The van der Waals surface area contributed by atoms with Crippen LogP contribution in [0.25, 0.3) is 0 Å². The Balaban J connectivity index is 1.80. The van der Waals surface area contributed by atoms with E-state index in [1.807, 2.05) is 60.7 Å². The lowest BCUT2D eigenvalue weighted by Gasteiger charge is -2.34. The third kappa shape index (κ3) is 6.05. The van der Waals surface area contributed by atoms with Crippen LogP contribution >= 0.6 is 0 Å². The molecule has 3 aromatic rings. The molecule has 4 rings (SSSR count). The number of carbonyl (C=O) groups is 3. The highest BCUT2D eigenvalue weighted by atomic mass is 19.1. The SMILES string of the molecule is C[C@H](N)C(=O)N(C(=O)[C@@H](O)c1cc(F)cc(F)c1)[C@H]1C[C@@H](c2ccccc2)C[C@@H](c2ccccc2)N(C)C1=O. The number of nitrogens with two attached hydrogens (primary N) is 1. The van der Waals surface area contributed by atoms with Crippen molar-refractivity contribution < 1.29 is 28.3 Å². The monoisotopic (exact) mass is 535 g/mol. The van der Waals surface area contributed by atoms with E-state index in [-0.39, 0.29) is 23.9 Å². The zero-order valence-electron chi connectivity index (χ0n) is 21.7. The maximum Gasteiger partial charge on any atom is 0.263 e. The Morgan fingerprint density at radius 2 is 1.46 bits per heavy atom. The van der Waals surface area contributed by atoms with Crippen LogP contribution in [0.1, 0.15) is 54.5 Å². The van der Waals surface area contributed by atoms with E-state index < -0.39 is 47.5 Å². The Morgan fingerprint density at radius 3 is 2.00 bits per heavy atom. The van der Waals surface area contributed by atoms with E-state index in [4.69, 9.17) is 5.73 Å². The van der Waals surface area contributed by atoms with Crippen molar-refractivity contribution in [3.05, 3.63) is 107 Å². The van der Waals surface area contributed by atoms with Gasteiger partial charge in [-0.15, -0.1) is 0 Å². The third-order valence-corrected chi connectivity index (χ3v) is 7.18. The Morgan fingerprint density at radius 1 is 0.923 bits per heavy atom. The van der Waals surface area contributed by atoms with Crippen molar-refractivity contribution in [1.82, 2.24) is 9.80 Å². The summed E-state index contributed by atoms with van der Waals surface area (Å²) in [6, 6.07) is 18.2. The molecule has 0 unspecified atom stereocenters. The van der Waals surface area contributed by atoms with Crippen LogP contribution in [0.15, 0.2) is 78.9 Å². The van der Waals surface area contributed by atoms with Crippen LogP contribution in [0.4, 0.5) is 8.78 Å². The van der Waals surface area contributed by atoms with Crippen LogP contribution in [-0.2, 0) is 14.4 Å². The third-order valence-electron chi connectivity index (χ3n) is 7.18. The number of hydrogen-bond acceptors (Lipinski definition) is 5. The number of amides is 3. The molecule has 39 heavy (non-hydrogen) atoms. The molecule has 1 aliphatic rings. The highest BCUT2D eigenvalue weighted by molar-refractivity contribution is 6.04. The average molecular weight is 536 g/mol. The Bertz CT molecular complexity index is 1320. The van der Waals surface area contributed by atoms with E-state index >= 15 is 0 Å². The Hall–Kier alpha value is -3.95. The molecule has 1 fully saturated rings. The number of halogens is 2. The van der Waals surface area contributed by atoms with Gasteiger partial charge in [0.2, 0.25) is 11.8 Å². The number of hydrogen-bond donors (Lipinski definition) is 2. The maximum absolute atomic E-state index is 14.0. The van der Waals surface area contributed by atoms with Gasteiger partial charge in [-0.2, -0.15) is 0 Å². The van der Waals surface area contributed by atoms with Gasteiger partial charge in [-0.3, -0.25) is 19.3 Å². The number of aliphatic hydroxyl groups excluding tert-OH is 1. The normalized spacial score (nSPS) is 21.1. The van der Waals surface area contributed by atoms with Gasteiger partial charge in [-0.25, -0.2) is 8.78 Å². The molecule has 1 heterocycles. The van der Waals surface area contributed by atoms with E-state index in [2.05, 4.69) is 0 Å². The molecule has 0 aliphatic carbocycles. The van der Waals surface area contributed by atoms with Crippen molar-refractivity contribution >= 4 is 17.7 Å². The molecule has 9 heteroatoms. The first kappa shape index (κ1) is 28.1. The summed E-state index contributed by atoms with van der Waals surface area (Å²) in [6.45, 7) is 1.36. The summed E-state index contributed by atoms with van der Waals surface area (Å²) < 4.78 is 27.8. The molecular formula is C30H31F2N3O4.